The molecule has 6 heteroatoms. The predicted octanol–water partition coefficient (Wildman–Crippen LogP) is 5.40. The number of aliphatic imine (C=N–C) groups is 1. The maximum Gasteiger partial charge on any atom is 0.334 e. The normalized spacial score (nSPS) is 40.8. The van der Waals surface area contributed by atoms with Crippen molar-refractivity contribution in [1.29, 1.82) is 0 Å². The molecule has 1 saturated heterocycles. The van der Waals surface area contributed by atoms with Crippen molar-refractivity contribution >= 4 is 11.7 Å². The Hall–Kier alpha value is -2.02. The number of rotatable bonds is 1. The van der Waals surface area contributed by atoms with Gasteiger partial charge in [-0.2, -0.15) is 0 Å². The van der Waals surface area contributed by atoms with E-state index >= 15 is 0 Å². The van der Waals surface area contributed by atoms with Gasteiger partial charge < -0.3 is 19.7 Å². The van der Waals surface area contributed by atoms with Crippen LogP contribution in [0.15, 0.2) is 51.6 Å². The Morgan fingerprint density at radius 2 is 1.84 bits per heavy atom. The number of fused-ring (bicyclic) bond motifs is 2. The zero-order valence-corrected chi connectivity index (χ0v) is 23.5. The van der Waals surface area contributed by atoms with Crippen LogP contribution < -0.4 is 0 Å². The van der Waals surface area contributed by atoms with Crippen LogP contribution in [0.5, 0.6) is 0 Å². The van der Waals surface area contributed by atoms with E-state index in [9.17, 15) is 15.0 Å². The highest BCUT2D eigenvalue weighted by Crippen LogP contribution is 2.53. The molecule has 8 atom stereocenters. The second kappa shape index (κ2) is 10.9. The minimum absolute atomic E-state index is 0.0613. The summed E-state index contributed by atoms with van der Waals surface area (Å²) in [6.45, 7) is 13.3. The number of aliphatic hydroxyl groups is 2. The summed E-state index contributed by atoms with van der Waals surface area (Å²) in [5, 5.41) is 22.4. The second-order valence-corrected chi connectivity index (χ2v) is 12.5. The van der Waals surface area contributed by atoms with Crippen molar-refractivity contribution in [3.63, 3.8) is 0 Å². The van der Waals surface area contributed by atoms with Crippen LogP contribution in [0.3, 0.4) is 0 Å². The van der Waals surface area contributed by atoms with Gasteiger partial charge in [0.25, 0.3) is 0 Å². The topological polar surface area (TPSA) is 88.4 Å². The molecule has 1 spiro atoms. The highest BCUT2D eigenvalue weighted by molar-refractivity contribution is 5.93. The average Bonchev–Trinajstić information content (AvgIpc) is 3.43. The molecule has 2 bridgehead atoms. The average molecular weight is 524 g/mol. The van der Waals surface area contributed by atoms with Crippen LogP contribution in [0.2, 0.25) is 0 Å². The fraction of sp³-hybridized carbons (Fsp3) is 0.688. The number of ether oxygens (including phenoxy) is 2. The summed E-state index contributed by atoms with van der Waals surface area (Å²) in [7, 11) is 0. The van der Waals surface area contributed by atoms with E-state index in [1.54, 1.807) is 0 Å². The lowest BCUT2D eigenvalue weighted by atomic mass is 9.57. The molecule has 6 nitrogen and oxygen atoms in total. The third-order valence-electron chi connectivity index (χ3n) is 10.0. The smallest absolute Gasteiger partial charge is 0.334 e. The van der Waals surface area contributed by atoms with Crippen molar-refractivity contribution < 1.29 is 24.5 Å². The van der Waals surface area contributed by atoms with Crippen LogP contribution in [-0.2, 0) is 14.3 Å². The standard InChI is InChI=1S/C32H45NO5/c1-18-16-25-21(4)24(28-17-20(3)31(36)38-28)11-13-32(25)12-6-14-33-29(32)10-9-27(35)22(5)30-19(2)15-23(37-30)7-8-26(18)34/h16-17,19,23,25-28,30,34-35H,5-15H2,1-4H3/t19-,23+,25+,26+,27+,28+,30+,32+/m1/s1. The van der Waals surface area contributed by atoms with Gasteiger partial charge in [-0.15, -0.1) is 0 Å². The van der Waals surface area contributed by atoms with Gasteiger partial charge in [-0.05, 0) is 107 Å². The van der Waals surface area contributed by atoms with Crippen molar-refractivity contribution in [2.45, 2.75) is 116 Å². The number of cyclic esters (lactones) is 1. The zero-order valence-electron chi connectivity index (χ0n) is 23.5. The molecule has 38 heavy (non-hydrogen) atoms. The first kappa shape index (κ1) is 27.5. The molecule has 0 aromatic rings. The summed E-state index contributed by atoms with van der Waals surface area (Å²) in [6.07, 6.45) is 10.2. The molecule has 5 rings (SSSR count). The monoisotopic (exact) mass is 523 g/mol. The third-order valence-corrected chi connectivity index (χ3v) is 10.0. The van der Waals surface area contributed by atoms with Gasteiger partial charge in [0.1, 0.15) is 6.10 Å². The van der Waals surface area contributed by atoms with Gasteiger partial charge in [0.2, 0.25) is 0 Å². The van der Waals surface area contributed by atoms with Crippen molar-refractivity contribution in [1.82, 2.24) is 0 Å². The molecule has 0 unspecified atom stereocenters. The van der Waals surface area contributed by atoms with Crippen molar-refractivity contribution in [3.8, 4) is 0 Å². The molecule has 0 saturated carbocycles. The lowest BCUT2D eigenvalue weighted by Crippen LogP contribution is -2.45. The van der Waals surface area contributed by atoms with Crippen LogP contribution >= 0.6 is 0 Å². The Morgan fingerprint density at radius 3 is 2.58 bits per heavy atom. The highest BCUT2D eigenvalue weighted by atomic mass is 16.5. The SMILES string of the molecule is C=C1[C@H]2O[C@@H](CC[C@H](O)C(C)=C[C@H]3C(C)=C([C@@H]4C=C(C)C(=O)O4)CC[C@@]34CCCN=C4CC[C@@H]1O)C[C@H]2C. The van der Waals surface area contributed by atoms with Gasteiger partial charge in [-0.1, -0.05) is 25.2 Å². The molecule has 4 aliphatic heterocycles. The van der Waals surface area contributed by atoms with Gasteiger partial charge in [0.05, 0.1) is 24.4 Å². The third kappa shape index (κ3) is 5.00. The lowest BCUT2D eigenvalue weighted by molar-refractivity contribution is -0.138. The highest BCUT2D eigenvalue weighted by Gasteiger charge is 2.48. The van der Waals surface area contributed by atoms with Crippen molar-refractivity contribution in [3.05, 3.63) is 46.6 Å². The molecule has 5 aliphatic rings. The number of carbonyl (C=O) groups is 1. The van der Waals surface area contributed by atoms with E-state index in [-0.39, 0.29) is 35.6 Å². The first-order valence-electron chi connectivity index (χ1n) is 14.6. The van der Waals surface area contributed by atoms with Gasteiger partial charge in [-0.25, -0.2) is 4.79 Å². The quantitative estimate of drug-likeness (QED) is 0.355. The van der Waals surface area contributed by atoms with E-state index < -0.39 is 12.2 Å². The number of hydrogen-bond acceptors (Lipinski definition) is 6. The molecule has 1 aliphatic carbocycles. The molecule has 0 amide bonds. The summed E-state index contributed by atoms with van der Waals surface area (Å²) in [6, 6.07) is 0. The minimum Gasteiger partial charge on any atom is -0.450 e. The first-order valence-corrected chi connectivity index (χ1v) is 14.6. The van der Waals surface area contributed by atoms with Gasteiger partial charge in [0.15, 0.2) is 0 Å². The van der Waals surface area contributed by atoms with Gasteiger partial charge >= 0.3 is 5.97 Å². The molecule has 0 aromatic heterocycles. The van der Waals surface area contributed by atoms with E-state index in [4.69, 9.17) is 14.5 Å². The molecule has 1 fully saturated rings. The van der Waals surface area contributed by atoms with E-state index in [1.807, 2.05) is 19.9 Å². The fourth-order valence-corrected chi connectivity index (χ4v) is 7.70. The van der Waals surface area contributed by atoms with Gasteiger partial charge in [-0.3, -0.25) is 4.99 Å². The number of hydrogen-bond donors (Lipinski definition) is 2. The van der Waals surface area contributed by atoms with Crippen LogP contribution in [-0.4, -0.2) is 59.0 Å². The Kier molecular flexibility index (Phi) is 7.87. The molecule has 4 heterocycles. The van der Waals surface area contributed by atoms with Crippen molar-refractivity contribution in [2.75, 3.05) is 6.54 Å². The summed E-state index contributed by atoms with van der Waals surface area (Å²) < 4.78 is 12.1. The number of allylic oxidation sites excluding steroid dienone is 2. The Balaban J connectivity index is 1.55. The Bertz CT molecular complexity index is 1100. The summed E-state index contributed by atoms with van der Waals surface area (Å²) >= 11 is 0. The summed E-state index contributed by atoms with van der Waals surface area (Å²) in [5.74, 6) is 0.129. The van der Waals surface area contributed by atoms with Gasteiger partial charge in [0, 0.05) is 29.2 Å². The van der Waals surface area contributed by atoms with Crippen LogP contribution in [0.25, 0.3) is 0 Å². The predicted molar refractivity (Wildman–Crippen MR) is 149 cm³/mol. The minimum atomic E-state index is -0.629. The van der Waals surface area contributed by atoms with Crippen LogP contribution in [0, 0.1) is 17.3 Å². The Labute approximate surface area is 227 Å². The molecular formula is C32H45NO5. The number of nitrogens with zero attached hydrogens (tertiary/aromatic N) is 1. The number of esters is 1. The lowest BCUT2D eigenvalue weighted by Gasteiger charge is -2.48. The second-order valence-electron chi connectivity index (χ2n) is 12.5. The number of carbonyl (C=O) groups excluding carboxylic acids is 1. The van der Waals surface area contributed by atoms with E-state index in [2.05, 4.69) is 26.5 Å². The molecule has 208 valence electrons. The maximum atomic E-state index is 12.2. The van der Waals surface area contributed by atoms with Crippen LogP contribution in [0.1, 0.15) is 85.5 Å². The largest absolute Gasteiger partial charge is 0.450 e. The van der Waals surface area contributed by atoms with E-state index in [0.717, 1.165) is 62.6 Å². The molecular weight excluding hydrogens is 478 g/mol. The maximum absolute atomic E-state index is 12.2. The first-order chi connectivity index (χ1) is 18.1. The summed E-state index contributed by atoms with van der Waals surface area (Å²) in [4.78, 5) is 17.3. The zero-order chi connectivity index (χ0) is 27.2. The summed E-state index contributed by atoms with van der Waals surface area (Å²) in [5.41, 5.74) is 5.86. The fourth-order valence-electron chi connectivity index (χ4n) is 7.70. The molecule has 0 radical (unpaired) electrons. The van der Waals surface area contributed by atoms with E-state index in [0.29, 0.717) is 24.3 Å². The van der Waals surface area contributed by atoms with Crippen LogP contribution in [0.4, 0.5) is 0 Å². The van der Waals surface area contributed by atoms with E-state index in [1.165, 1.54) is 16.9 Å². The Morgan fingerprint density at radius 1 is 1.05 bits per heavy atom. The number of aliphatic hydroxyl groups excluding tert-OH is 2. The molecule has 0 aromatic carbocycles. The molecule has 2 N–H and O–H groups in total. The van der Waals surface area contributed by atoms with Crippen molar-refractivity contribution in [2.24, 2.45) is 22.2 Å².